The van der Waals surface area contributed by atoms with Crippen molar-refractivity contribution < 1.29 is 0 Å². The van der Waals surface area contributed by atoms with Crippen LogP contribution in [0.5, 0.6) is 0 Å². The van der Waals surface area contributed by atoms with Gasteiger partial charge in [0, 0.05) is 18.3 Å². The highest BCUT2D eigenvalue weighted by atomic mass is 15.4. The maximum absolute atomic E-state index is 5.95. The van der Waals surface area contributed by atoms with Gasteiger partial charge in [0.25, 0.3) is 0 Å². The van der Waals surface area contributed by atoms with Crippen LogP contribution in [-0.2, 0) is 0 Å². The third kappa shape index (κ3) is 1.25. The van der Waals surface area contributed by atoms with E-state index < -0.39 is 0 Å². The van der Waals surface area contributed by atoms with Crippen molar-refractivity contribution in [1.82, 2.24) is 25.0 Å². The zero-order chi connectivity index (χ0) is 12.1. The summed E-state index contributed by atoms with van der Waals surface area (Å²) in [5.74, 6) is 1.14. The Kier molecular flexibility index (Phi) is 1.78. The molecule has 6 heteroatoms. The molecule has 0 radical (unpaired) electrons. The maximum Gasteiger partial charge on any atom is 0.186 e. The number of hydrogen-bond donors (Lipinski definition) is 2. The van der Waals surface area contributed by atoms with Gasteiger partial charge in [0.2, 0.25) is 0 Å². The lowest BCUT2D eigenvalue weighted by molar-refractivity contribution is 0.838. The van der Waals surface area contributed by atoms with E-state index in [1.807, 2.05) is 16.8 Å². The van der Waals surface area contributed by atoms with Crippen LogP contribution in [0.4, 0.5) is 5.82 Å². The summed E-state index contributed by atoms with van der Waals surface area (Å²) < 4.78 is 1.83. The van der Waals surface area contributed by atoms with Crippen molar-refractivity contribution in [1.29, 1.82) is 0 Å². The average molecular weight is 240 g/mol. The van der Waals surface area contributed by atoms with Gasteiger partial charge in [-0.1, -0.05) is 0 Å². The monoisotopic (exact) mass is 240 g/mol. The summed E-state index contributed by atoms with van der Waals surface area (Å²) in [4.78, 5) is 4.02. The van der Waals surface area contributed by atoms with Crippen LogP contribution in [-0.4, -0.2) is 25.0 Å². The van der Waals surface area contributed by atoms with E-state index in [4.69, 9.17) is 5.73 Å². The molecule has 3 aromatic rings. The lowest BCUT2D eigenvalue weighted by Crippen LogP contribution is -1.98. The molecule has 6 nitrogen and oxygen atoms in total. The van der Waals surface area contributed by atoms with E-state index in [-0.39, 0.29) is 0 Å². The third-order valence-corrected chi connectivity index (χ3v) is 3.31. The predicted octanol–water partition coefficient (Wildman–Crippen LogP) is 1.60. The van der Waals surface area contributed by atoms with Crippen molar-refractivity contribution in [3.63, 3.8) is 0 Å². The van der Waals surface area contributed by atoms with E-state index in [0.29, 0.717) is 11.7 Å². The van der Waals surface area contributed by atoms with E-state index in [1.54, 1.807) is 12.4 Å². The van der Waals surface area contributed by atoms with Crippen LogP contribution in [0.15, 0.2) is 24.5 Å². The van der Waals surface area contributed by atoms with E-state index in [1.165, 1.54) is 12.8 Å². The van der Waals surface area contributed by atoms with Crippen molar-refractivity contribution >= 4 is 16.9 Å². The van der Waals surface area contributed by atoms with Gasteiger partial charge in [-0.2, -0.15) is 10.2 Å². The Balaban J connectivity index is 2.01. The highest BCUT2D eigenvalue weighted by molar-refractivity contribution is 5.90. The Morgan fingerprint density at radius 2 is 2.06 bits per heavy atom. The van der Waals surface area contributed by atoms with E-state index in [9.17, 15) is 0 Å². The van der Waals surface area contributed by atoms with Crippen molar-refractivity contribution in [3.05, 3.63) is 30.2 Å². The molecule has 18 heavy (non-hydrogen) atoms. The average Bonchev–Trinajstić information content (AvgIpc) is 3.07. The molecule has 0 saturated heterocycles. The molecule has 0 unspecified atom stereocenters. The maximum atomic E-state index is 5.95. The van der Waals surface area contributed by atoms with Gasteiger partial charge in [-0.15, -0.1) is 0 Å². The number of aromatic amines is 1. The molecule has 0 aromatic carbocycles. The first-order valence-corrected chi connectivity index (χ1v) is 5.97. The van der Waals surface area contributed by atoms with Gasteiger partial charge >= 0.3 is 0 Å². The Morgan fingerprint density at radius 1 is 1.28 bits per heavy atom. The van der Waals surface area contributed by atoms with E-state index in [0.717, 1.165) is 22.4 Å². The highest BCUT2D eigenvalue weighted by Gasteiger charge is 2.31. The van der Waals surface area contributed by atoms with Crippen LogP contribution in [0, 0.1) is 0 Å². The first-order chi connectivity index (χ1) is 8.84. The number of nitrogens with two attached hydrogens (primary N) is 1. The summed E-state index contributed by atoms with van der Waals surface area (Å²) in [7, 11) is 0. The Bertz CT molecular complexity index is 707. The highest BCUT2D eigenvalue weighted by Crippen LogP contribution is 2.43. The lowest BCUT2D eigenvalue weighted by atomic mass is 10.2. The molecule has 4 rings (SSSR count). The van der Waals surface area contributed by atoms with Gasteiger partial charge in [0.1, 0.15) is 5.82 Å². The summed E-state index contributed by atoms with van der Waals surface area (Å²) >= 11 is 0. The number of anilines is 1. The van der Waals surface area contributed by atoms with Crippen LogP contribution in [0.2, 0.25) is 0 Å². The summed E-state index contributed by atoms with van der Waals surface area (Å²) in [6, 6.07) is 3.82. The number of fused-ring (bicyclic) bond motifs is 1. The zero-order valence-corrected chi connectivity index (χ0v) is 9.67. The number of nitrogens with zero attached hydrogens (tertiary/aromatic N) is 4. The lowest BCUT2D eigenvalue weighted by Gasteiger charge is -1.99. The van der Waals surface area contributed by atoms with Gasteiger partial charge in [-0.25, -0.2) is 4.68 Å². The fourth-order valence-electron chi connectivity index (χ4n) is 2.26. The molecule has 0 spiro atoms. The fraction of sp³-hybridized carbons (Fsp3) is 0.250. The van der Waals surface area contributed by atoms with Crippen molar-refractivity contribution in [2.75, 3.05) is 5.73 Å². The van der Waals surface area contributed by atoms with E-state index in [2.05, 4.69) is 20.3 Å². The molecule has 0 amide bonds. The first-order valence-electron chi connectivity index (χ1n) is 5.97. The minimum Gasteiger partial charge on any atom is -0.383 e. The molecule has 1 saturated carbocycles. The summed E-state index contributed by atoms with van der Waals surface area (Å²) in [6.45, 7) is 0. The van der Waals surface area contributed by atoms with Gasteiger partial charge in [0.15, 0.2) is 5.65 Å². The number of hydrogen-bond acceptors (Lipinski definition) is 4. The molecule has 0 aliphatic heterocycles. The molecule has 0 bridgehead atoms. The van der Waals surface area contributed by atoms with Crippen LogP contribution in [0.1, 0.15) is 24.5 Å². The second kappa shape index (κ2) is 3.32. The van der Waals surface area contributed by atoms with Crippen molar-refractivity contribution in [2.45, 2.75) is 18.8 Å². The quantitative estimate of drug-likeness (QED) is 0.712. The first kappa shape index (κ1) is 9.64. The zero-order valence-electron chi connectivity index (χ0n) is 9.67. The number of nitrogen functional groups attached to an aromatic ring is 1. The van der Waals surface area contributed by atoms with E-state index >= 15 is 0 Å². The van der Waals surface area contributed by atoms with Gasteiger partial charge in [0.05, 0.1) is 16.8 Å². The minimum absolute atomic E-state index is 0.537. The smallest absolute Gasteiger partial charge is 0.186 e. The molecular formula is C12H12N6. The summed E-state index contributed by atoms with van der Waals surface area (Å²) in [5, 5.41) is 12.7. The molecule has 3 aromatic heterocycles. The second-order valence-corrected chi connectivity index (χ2v) is 4.61. The molecule has 3 N–H and O–H groups in total. The molecule has 1 aliphatic carbocycles. The van der Waals surface area contributed by atoms with Gasteiger partial charge in [-0.3, -0.25) is 10.1 Å². The molecular weight excluding hydrogens is 228 g/mol. The predicted molar refractivity (Wildman–Crippen MR) is 67.4 cm³/mol. The van der Waals surface area contributed by atoms with Crippen LogP contribution < -0.4 is 5.73 Å². The third-order valence-electron chi connectivity index (χ3n) is 3.31. The summed E-state index contributed by atoms with van der Waals surface area (Å²) in [5.41, 5.74) is 8.76. The van der Waals surface area contributed by atoms with Crippen molar-refractivity contribution in [3.8, 4) is 5.69 Å². The minimum atomic E-state index is 0.537. The number of H-pyrrole nitrogens is 1. The normalized spacial score (nSPS) is 15.3. The molecule has 1 aliphatic rings. The Hall–Kier alpha value is -2.37. The number of nitrogens with one attached hydrogen (secondary N) is 1. The second-order valence-electron chi connectivity index (χ2n) is 4.61. The standard InChI is InChI=1S/C12H12N6/c13-11-9-10(7-1-2-7)17-18(12(9)16-15-11)8-3-5-14-6-4-8/h3-7H,1-2H2,(H3,13,15,16). The SMILES string of the molecule is Nc1[nH]nc2c1c(C1CC1)nn2-c1ccncc1. The molecule has 1 fully saturated rings. The van der Waals surface area contributed by atoms with Gasteiger partial charge in [-0.05, 0) is 25.0 Å². The topological polar surface area (TPSA) is 85.4 Å². The van der Waals surface area contributed by atoms with Crippen LogP contribution >= 0.6 is 0 Å². The Morgan fingerprint density at radius 3 is 2.78 bits per heavy atom. The largest absolute Gasteiger partial charge is 0.383 e. The van der Waals surface area contributed by atoms with Gasteiger partial charge < -0.3 is 5.73 Å². The number of rotatable bonds is 2. The molecule has 0 atom stereocenters. The summed E-state index contributed by atoms with van der Waals surface area (Å²) in [6.07, 6.45) is 5.87. The number of aromatic nitrogens is 5. The van der Waals surface area contributed by atoms with Crippen LogP contribution in [0.3, 0.4) is 0 Å². The molecule has 90 valence electrons. The number of pyridine rings is 1. The Labute approximate surface area is 103 Å². The van der Waals surface area contributed by atoms with Crippen molar-refractivity contribution in [2.24, 2.45) is 0 Å². The fourth-order valence-corrected chi connectivity index (χ4v) is 2.26. The molecule has 3 heterocycles. The van der Waals surface area contributed by atoms with Crippen LogP contribution in [0.25, 0.3) is 16.7 Å².